The lowest BCUT2D eigenvalue weighted by Gasteiger charge is -2.34. The van der Waals surface area contributed by atoms with Gasteiger partial charge in [-0.3, -0.25) is 0 Å². The van der Waals surface area contributed by atoms with Crippen LogP contribution in [0.15, 0.2) is 22.7 Å². The molecule has 6 nitrogen and oxygen atoms in total. The summed E-state index contributed by atoms with van der Waals surface area (Å²) in [4.78, 5) is 17.4. The minimum atomic E-state index is -1.49. The molecule has 1 aliphatic heterocycles. The van der Waals surface area contributed by atoms with Gasteiger partial charge in [-0.25, -0.2) is 4.79 Å². The van der Waals surface area contributed by atoms with E-state index in [0.717, 1.165) is 29.9 Å². The SMILES string of the molecule is C/C(=N/OCCCCC1COC(C)(C(=O)O)OC1)c1cccs1. The Labute approximate surface area is 140 Å². The zero-order valence-electron chi connectivity index (χ0n) is 13.5. The number of ether oxygens (including phenoxy) is 2. The van der Waals surface area contributed by atoms with Crippen LogP contribution in [0.25, 0.3) is 0 Å². The molecule has 1 aliphatic rings. The molecule has 1 saturated heterocycles. The molecule has 0 atom stereocenters. The lowest BCUT2D eigenvalue weighted by molar-refractivity contribution is -0.271. The van der Waals surface area contributed by atoms with Crippen LogP contribution in [0, 0.1) is 5.92 Å². The van der Waals surface area contributed by atoms with E-state index in [1.54, 1.807) is 11.3 Å². The molecule has 0 amide bonds. The summed E-state index contributed by atoms with van der Waals surface area (Å²) in [5.41, 5.74) is 0.891. The van der Waals surface area contributed by atoms with Gasteiger partial charge in [0.15, 0.2) is 0 Å². The second-order valence-electron chi connectivity index (χ2n) is 5.72. The molecule has 1 aromatic rings. The van der Waals surface area contributed by atoms with E-state index < -0.39 is 11.8 Å². The molecule has 23 heavy (non-hydrogen) atoms. The second kappa shape index (κ2) is 8.42. The Balaban J connectivity index is 1.57. The summed E-state index contributed by atoms with van der Waals surface area (Å²) >= 11 is 1.64. The highest BCUT2D eigenvalue weighted by Gasteiger charge is 2.40. The van der Waals surface area contributed by atoms with Crippen LogP contribution in [-0.2, 0) is 19.1 Å². The van der Waals surface area contributed by atoms with Crippen LogP contribution >= 0.6 is 11.3 Å². The van der Waals surface area contributed by atoms with E-state index in [-0.39, 0.29) is 5.92 Å². The summed E-state index contributed by atoms with van der Waals surface area (Å²) < 4.78 is 10.6. The maximum absolute atomic E-state index is 11.0. The number of carbonyl (C=O) groups is 1. The number of thiophene rings is 1. The minimum absolute atomic E-state index is 0.235. The van der Waals surface area contributed by atoms with Gasteiger partial charge in [-0.2, -0.15) is 0 Å². The maximum Gasteiger partial charge on any atom is 0.364 e. The molecule has 7 heteroatoms. The molecule has 0 radical (unpaired) electrons. The third-order valence-corrected chi connectivity index (χ3v) is 4.73. The van der Waals surface area contributed by atoms with Crippen molar-refractivity contribution in [2.75, 3.05) is 19.8 Å². The fourth-order valence-electron chi connectivity index (χ4n) is 2.21. The van der Waals surface area contributed by atoms with Gasteiger partial charge in [0.2, 0.25) is 0 Å². The Hall–Kier alpha value is -1.44. The van der Waals surface area contributed by atoms with Gasteiger partial charge in [0.1, 0.15) is 6.61 Å². The van der Waals surface area contributed by atoms with Gasteiger partial charge in [0, 0.05) is 12.8 Å². The zero-order valence-corrected chi connectivity index (χ0v) is 14.3. The van der Waals surface area contributed by atoms with Gasteiger partial charge in [-0.05, 0) is 37.6 Å². The number of carboxylic acid groups (broad SMARTS) is 1. The Morgan fingerprint density at radius 1 is 1.48 bits per heavy atom. The molecule has 0 unspecified atom stereocenters. The number of carboxylic acids is 1. The molecule has 2 heterocycles. The number of oxime groups is 1. The van der Waals surface area contributed by atoms with Gasteiger partial charge >= 0.3 is 5.97 Å². The normalized spacial score (nSPS) is 25.3. The first-order valence-corrected chi connectivity index (χ1v) is 8.61. The molecule has 0 spiro atoms. The molecule has 2 rings (SSSR count). The molecule has 128 valence electrons. The van der Waals surface area contributed by atoms with Crippen molar-refractivity contribution in [2.24, 2.45) is 11.1 Å². The van der Waals surface area contributed by atoms with Crippen LogP contribution in [0.4, 0.5) is 0 Å². The van der Waals surface area contributed by atoms with Crippen molar-refractivity contribution < 1.29 is 24.2 Å². The molecule has 0 bridgehead atoms. The topological polar surface area (TPSA) is 77.4 Å². The largest absolute Gasteiger partial charge is 0.477 e. The highest BCUT2D eigenvalue weighted by Crippen LogP contribution is 2.24. The van der Waals surface area contributed by atoms with E-state index in [0.29, 0.717) is 19.8 Å². The maximum atomic E-state index is 11.0. The molecule has 0 aromatic carbocycles. The summed E-state index contributed by atoms with van der Waals surface area (Å²) in [6, 6.07) is 4.00. The van der Waals surface area contributed by atoms with Crippen LogP contribution in [0.1, 0.15) is 38.0 Å². The fourth-order valence-corrected chi connectivity index (χ4v) is 2.87. The third-order valence-electron chi connectivity index (χ3n) is 3.75. The summed E-state index contributed by atoms with van der Waals surface area (Å²) in [6.07, 6.45) is 2.79. The van der Waals surface area contributed by atoms with Crippen LogP contribution in [0.5, 0.6) is 0 Å². The number of nitrogens with zero attached hydrogens (tertiary/aromatic N) is 1. The predicted octanol–water partition coefficient (Wildman–Crippen LogP) is 3.12. The number of hydrogen-bond acceptors (Lipinski definition) is 6. The van der Waals surface area contributed by atoms with Crippen molar-refractivity contribution in [3.63, 3.8) is 0 Å². The van der Waals surface area contributed by atoms with Gasteiger partial charge in [0.05, 0.1) is 23.8 Å². The molecule has 0 aliphatic carbocycles. The van der Waals surface area contributed by atoms with Crippen LogP contribution in [0.3, 0.4) is 0 Å². The van der Waals surface area contributed by atoms with Crippen molar-refractivity contribution in [3.8, 4) is 0 Å². The van der Waals surface area contributed by atoms with Crippen molar-refractivity contribution in [1.29, 1.82) is 0 Å². The fraction of sp³-hybridized carbons (Fsp3) is 0.625. The molecular weight excluding hydrogens is 318 g/mol. The predicted molar refractivity (Wildman–Crippen MR) is 87.8 cm³/mol. The lowest BCUT2D eigenvalue weighted by Crippen LogP contribution is -2.47. The number of aliphatic carboxylic acids is 1. The molecule has 1 aromatic heterocycles. The van der Waals surface area contributed by atoms with E-state index in [1.165, 1.54) is 6.92 Å². The first-order valence-electron chi connectivity index (χ1n) is 7.73. The number of hydrogen-bond donors (Lipinski definition) is 1. The highest BCUT2D eigenvalue weighted by atomic mass is 32.1. The number of unbranched alkanes of at least 4 members (excludes halogenated alkanes) is 1. The molecule has 1 fully saturated rings. The quantitative estimate of drug-likeness (QED) is 0.446. The van der Waals surface area contributed by atoms with Crippen molar-refractivity contribution >= 4 is 23.0 Å². The van der Waals surface area contributed by atoms with Crippen LogP contribution in [0.2, 0.25) is 0 Å². The van der Waals surface area contributed by atoms with E-state index >= 15 is 0 Å². The molecule has 1 N–H and O–H groups in total. The summed E-state index contributed by atoms with van der Waals surface area (Å²) in [5.74, 6) is -2.34. The average molecular weight is 341 g/mol. The zero-order chi connectivity index (χ0) is 16.7. The van der Waals surface area contributed by atoms with Crippen LogP contribution in [-0.4, -0.2) is 42.4 Å². The Bertz CT molecular complexity index is 521. The first-order chi connectivity index (χ1) is 11.0. The second-order valence-corrected chi connectivity index (χ2v) is 6.67. The van der Waals surface area contributed by atoms with Crippen molar-refractivity contribution in [3.05, 3.63) is 22.4 Å². The first kappa shape index (κ1) is 17.9. The molecular formula is C16H23NO5S. The third kappa shape index (κ3) is 5.30. The van der Waals surface area contributed by atoms with Crippen molar-refractivity contribution in [1.82, 2.24) is 0 Å². The van der Waals surface area contributed by atoms with Gasteiger partial charge in [0.25, 0.3) is 5.79 Å². The smallest absolute Gasteiger partial charge is 0.364 e. The molecule has 0 saturated carbocycles. The van der Waals surface area contributed by atoms with Gasteiger partial charge < -0.3 is 19.4 Å². The van der Waals surface area contributed by atoms with E-state index in [2.05, 4.69) is 5.16 Å². The Kier molecular flexibility index (Phi) is 6.56. The summed E-state index contributed by atoms with van der Waals surface area (Å²) in [6.45, 7) is 4.78. The van der Waals surface area contributed by atoms with Gasteiger partial charge in [-0.1, -0.05) is 11.2 Å². The summed E-state index contributed by atoms with van der Waals surface area (Å²) in [7, 11) is 0. The van der Waals surface area contributed by atoms with Crippen LogP contribution < -0.4 is 0 Å². The Morgan fingerprint density at radius 2 is 2.22 bits per heavy atom. The van der Waals surface area contributed by atoms with E-state index in [9.17, 15) is 4.79 Å². The minimum Gasteiger partial charge on any atom is -0.477 e. The Morgan fingerprint density at radius 3 is 2.83 bits per heavy atom. The lowest BCUT2D eigenvalue weighted by atomic mass is 10.0. The summed E-state index contributed by atoms with van der Waals surface area (Å²) in [5, 5.41) is 15.1. The van der Waals surface area contributed by atoms with E-state index in [1.807, 2.05) is 24.4 Å². The highest BCUT2D eigenvalue weighted by molar-refractivity contribution is 7.12. The average Bonchev–Trinajstić information content (AvgIpc) is 3.06. The standard InChI is InChI=1S/C16H23NO5S/c1-12(14-7-5-9-23-14)17-22-8-4-3-6-13-10-20-16(2,15(18)19)21-11-13/h5,7,9,13H,3-4,6,8,10-11H2,1-2H3,(H,18,19)/b17-12-. The van der Waals surface area contributed by atoms with E-state index in [4.69, 9.17) is 19.4 Å². The van der Waals surface area contributed by atoms with Gasteiger partial charge in [-0.15, -0.1) is 11.3 Å². The van der Waals surface area contributed by atoms with Crippen molar-refractivity contribution in [2.45, 2.75) is 38.9 Å². The number of rotatable bonds is 8. The monoisotopic (exact) mass is 341 g/mol.